The lowest BCUT2D eigenvalue weighted by Crippen LogP contribution is -2.50. The van der Waals surface area contributed by atoms with Crippen LogP contribution in [-0.4, -0.2) is 53.6 Å². The van der Waals surface area contributed by atoms with Gasteiger partial charge in [-0.2, -0.15) is 0 Å². The number of benzene rings is 1. The smallest absolute Gasteiger partial charge is 0.329 e. The van der Waals surface area contributed by atoms with Gasteiger partial charge in [-0.15, -0.1) is 0 Å². The zero-order valence-corrected chi connectivity index (χ0v) is 16.1. The van der Waals surface area contributed by atoms with Gasteiger partial charge in [0.1, 0.15) is 12.1 Å². The molecule has 1 amide bonds. The molecule has 1 aromatic carbocycles. The molecule has 1 heterocycles. The number of carbonyl (C=O) groups is 3. The van der Waals surface area contributed by atoms with Crippen LogP contribution >= 0.6 is 0 Å². The fourth-order valence-corrected chi connectivity index (χ4v) is 3.97. The Labute approximate surface area is 163 Å². The second-order valence-corrected chi connectivity index (χ2v) is 7.48. The van der Waals surface area contributed by atoms with Crippen LogP contribution in [-0.2, 0) is 23.8 Å². The van der Waals surface area contributed by atoms with Crippen LogP contribution < -0.4 is 5.32 Å². The summed E-state index contributed by atoms with van der Waals surface area (Å²) in [6, 6.07) is 7.44. The number of carbonyl (C=O) groups excluding carboxylic acids is 2. The summed E-state index contributed by atoms with van der Waals surface area (Å²) in [5.74, 6) is -4.45. The second-order valence-electron chi connectivity index (χ2n) is 7.48. The van der Waals surface area contributed by atoms with Gasteiger partial charge in [0.05, 0.1) is 18.6 Å². The topological polar surface area (TPSA) is 111 Å². The monoisotopic (exact) mass is 391 g/mol. The average molecular weight is 391 g/mol. The number of hydrogen-bond donors (Lipinski definition) is 2. The number of amides is 1. The van der Waals surface area contributed by atoms with Gasteiger partial charge < -0.3 is 24.6 Å². The molecule has 1 saturated heterocycles. The van der Waals surface area contributed by atoms with Crippen LogP contribution in [0.3, 0.4) is 0 Å². The van der Waals surface area contributed by atoms with Crippen molar-refractivity contribution in [3.05, 3.63) is 35.9 Å². The van der Waals surface area contributed by atoms with Crippen LogP contribution in [0.25, 0.3) is 0 Å². The largest absolute Gasteiger partial charge is 0.481 e. The standard InChI is InChI=1S/C20H25NO7/c1-4-26-19(25)14(21-17(22)11-8-6-5-7-9-11)12-10-13(18(23)24)16-15(12)27-20(2,3)28-16/h5-9,12-16H,4,10H2,1-3H3,(H,21,22)(H,23,24)/t12-,13-,14-,15-,16+/m1/s1. The minimum Gasteiger partial charge on any atom is -0.481 e. The number of aliphatic carboxylic acids is 1. The SMILES string of the molecule is CCOC(=O)[C@H](NC(=O)c1ccccc1)[C@H]1C[C@@H](C(=O)O)[C@@H]2OC(C)(C)O[C@H]12. The van der Waals surface area contributed by atoms with Crippen LogP contribution in [0.15, 0.2) is 30.3 Å². The molecule has 1 saturated carbocycles. The van der Waals surface area contributed by atoms with Crippen LogP contribution in [0, 0.1) is 11.8 Å². The molecule has 1 aromatic rings. The van der Waals surface area contributed by atoms with Crippen LogP contribution in [0.2, 0.25) is 0 Å². The van der Waals surface area contributed by atoms with Gasteiger partial charge in [0.15, 0.2) is 5.79 Å². The van der Waals surface area contributed by atoms with E-state index in [1.165, 1.54) is 0 Å². The molecular formula is C20H25NO7. The first-order valence-electron chi connectivity index (χ1n) is 9.34. The summed E-state index contributed by atoms with van der Waals surface area (Å²) in [7, 11) is 0. The third-order valence-corrected chi connectivity index (χ3v) is 5.12. The van der Waals surface area contributed by atoms with Crippen LogP contribution in [0.5, 0.6) is 0 Å². The maximum atomic E-state index is 12.6. The van der Waals surface area contributed by atoms with Crippen molar-refractivity contribution in [1.82, 2.24) is 5.32 Å². The fraction of sp³-hybridized carbons (Fsp3) is 0.550. The molecule has 0 unspecified atom stereocenters. The van der Waals surface area contributed by atoms with Gasteiger partial charge in [0.2, 0.25) is 0 Å². The number of fused-ring (bicyclic) bond motifs is 1. The molecule has 2 N–H and O–H groups in total. The Hall–Kier alpha value is -2.45. The number of esters is 1. The molecule has 1 aliphatic heterocycles. The Morgan fingerprint density at radius 3 is 2.46 bits per heavy atom. The highest BCUT2D eigenvalue weighted by molar-refractivity contribution is 5.96. The van der Waals surface area contributed by atoms with Gasteiger partial charge >= 0.3 is 11.9 Å². The van der Waals surface area contributed by atoms with Crippen molar-refractivity contribution >= 4 is 17.8 Å². The number of rotatable bonds is 6. The molecule has 152 valence electrons. The fourth-order valence-electron chi connectivity index (χ4n) is 3.97. The van der Waals surface area contributed by atoms with Crippen molar-refractivity contribution in [2.45, 2.75) is 51.2 Å². The van der Waals surface area contributed by atoms with E-state index in [-0.39, 0.29) is 13.0 Å². The predicted molar refractivity (Wildman–Crippen MR) is 97.4 cm³/mol. The second kappa shape index (κ2) is 7.89. The van der Waals surface area contributed by atoms with Crippen LogP contribution in [0.4, 0.5) is 0 Å². The third kappa shape index (κ3) is 4.02. The van der Waals surface area contributed by atoms with E-state index in [1.807, 2.05) is 0 Å². The molecule has 0 radical (unpaired) electrons. The van der Waals surface area contributed by atoms with E-state index in [4.69, 9.17) is 14.2 Å². The van der Waals surface area contributed by atoms with E-state index in [2.05, 4.69) is 5.32 Å². The summed E-state index contributed by atoms with van der Waals surface area (Å²) in [5.41, 5.74) is 0.394. The zero-order valence-electron chi connectivity index (χ0n) is 16.1. The zero-order chi connectivity index (χ0) is 20.5. The van der Waals surface area contributed by atoms with Gasteiger partial charge in [-0.3, -0.25) is 9.59 Å². The van der Waals surface area contributed by atoms with Crippen molar-refractivity contribution in [3.8, 4) is 0 Å². The van der Waals surface area contributed by atoms with E-state index >= 15 is 0 Å². The van der Waals surface area contributed by atoms with E-state index in [9.17, 15) is 19.5 Å². The Balaban J connectivity index is 1.88. The average Bonchev–Trinajstić information content (AvgIpc) is 3.13. The summed E-state index contributed by atoms with van der Waals surface area (Å²) in [4.78, 5) is 37.0. The van der Waals surface area contributed by atoms with E-state index in [1.54, 1.807) is 51.1 Å². The van der Waals surface area contributed by atoms with Crippen molar-refractivity contribution in [3.63, 3.8) is 0 Å². The highest BCUT2D eigenvalue weighted by Crippen LogP contribution is 2.46. The molecule has 0 spiro atoms. The Morgan fingerprint density at radius 2 is 1.86 bits per heavy atom. The molecule has 0 aromatic heterocycles. The molecule has 2 fully saturated rings. The van der Waals surface area contributed by atoms with Crippen molar-refractivity contribution in [2.24, 2.45) is 11.8 Å². The first kappa shape index (κ1) is 20.3. The summed E-state index contributed by atoms with van der Waals surface area (Å²) in [5, 5.41) is 12.3. The first-order chi connectivity index (χ1) is 13.2. The Bertz CT molecular complexity index is 748. The maximum absolute atomic E-state index is 12.6. The minimum atomic E-state index is -1.04. The molecule has 3 rings (SSSR count). The van der Waals surface area contributed by atoms with Gasteiger partial charge in [0.25, 0.3) is 5.91 Å². The molecule has 2 aliphatic rings. The highest BCUT2D eigenvalue weighted by atomic mass is 16.8. The van der Waals surface area contributed by atoms with Crippen molar-refractivity contribution in [1.29, 1.82) is 0 Å². The number of nitrogens with one attached hydrogen (secondary N) is 1. The van der Waals surface area contributed by atoms with Crippen molar-refractivity contribution in [2.75, 3.05) is 6.61 Å². The Kier molecular flexibility index (Phi) is 5.71. The quantitative estimate of drug-likeness (QED) is 0.708. The number of carboxylic acid groups (broad SMARTS) is 1. The lowest BCUT2D eigenvalue weighted by atomic mass is 9.94. The molecule has 0 bridgehead atoms. The maximum Gasteiger partial charge on any atom is 0.329 e. The molecule has 8 heteroatoms. The third-order valence-electron chi connectivity index (χ3n) is 5.12. The summed E-state index contributed by atoms with van der Waals surface area (Å²) in [6.45, 7) is 5.21. The summed E-state index contributed by atoms with van der Waals surface area (Å²) < 4.78 is 16.9. The summed E-state index contributed by atoms with van der Waals surface area (Å²) >= 11 is 0. The first-order valence-corrected chi connectivity index (χ1v) is 9.34. The van der Waals surface area contributed by atoms with Gasteiger partial charge in [0, 0.05) is 11.5 Å². The highest BCUT2D eigenvalue weighted by Gasteiger charge is 2.59. The lowest BCUT2D eigenvalue weighted by Gasteiger charge is -2.28. The van der Waals surface area contributed by atoms with E-state index in [0.717, 1.165) is 0 Å². The molecular weight excluding hydrogens is 366 g/mol. The summed E-state index contributed by atoms with van der Waals surface area (Å²) in [6.07, 6.45) is -1.19. The Morgan fingerprint density at radius 1 is 1.21 bits per heavy atom. The number of ether oxygens (including phenoxy) is 3. The van der Waals surface area contributed by atoms with Crippen LogP contribution in [0.1, 0.15) is 37.6 Å². The van der Waals surface area contributed by atoms with E-state index < -0.39 is 53.7 Å². The molecule has 28 heavy (non-hydrogen) atoms. The lowest BCUT2D eigenvalue weighted by molar-refractivity contribution is -0.172. The van der Waals surface area contributed by atoms with Gasteiger partial charge in [-0.05, 0) is 39.3 Å². The normalized spacial score (nSPS) is 29.0. The number of carboxylic acids is 1. The van der Waals surface area contributed by atoms with Gasteiger partial charge in [-0.1, -0.05) is 18.2 Å². The van der Waals surface area contributed by atoms with Gasteiger partial charge in [-0.25, -0.2) is 4.79 Å². The van der Waals surface area contributed by atoms with E-state index in [0.29, 0.717) is 5.56 Å². The minimum absolute atomic E-state index is 0.138. The molecule has 5 atom stereocenters. The predicted octanol–water partition coefficient (Wildman–Crippen LogP) is 1.59. The van der Waals surface area contributed by atoms with Crippen molar-refractivity contribution < 1.29 is 33.7 Å². The molecule has 1 aliphatic carbocycles. The molecule has 8 nitrogen and oxygen atoms in total. The number of hydrogen-bond acceptors (Lipinski definition) is 6.